The largest absolute Gasteiger partial charge is 0.481 e. The van der Waals surface area contributed by atoms with Crippen LogP contribution in [0, 0.1) is 17.3 Å². The van der Waals surface area contributed by atoms with Crippen LogP contribution in [0.1, 0.15) is 40.5 Å². The topological polar surface area (TPSA) is 77.8 Å². The first-order chi connectivity index (χ1) is 7.20. The van der Waals surface area contributed by atoms with Crippen molar-refractivity contribution in [1.82, 2.24) is 0 Å². The van der Waals surface area contributed by atoms with E-state index in [0.717, 1.165) is 0 Å². The summed E-state index contributed by atoms with van der Waals surface area (Å²) in [7, 11) is 0. The smallest absolute Gasteiger partial charge is 0.306 e. The van der Waals surface area contributed by atoms with E-state index in [2.05, 4.69) is 0 Å². The van der Waals surface area contributed by atoms with E-state index >= 15 is 0 Å². The Morgan fingerprint density at radius 2 is 1.81 bits per heavy atom. The first-order valence-electron chi connectivity index (χ1n) is 5.72. The van der Waals surface area contributed by atoms with Crippen LogP contribution in [0.3, 0.4) is 0 Å². The van der Waals surface area contributed by atoms with Crippen LogP contribution in [0.25, 0.3) is 0 Å². The maximum atomic E-state index is 10.7. The fourth-order valence-electron chi connectivity index (χ4n) is 1.85. The summed E-state index contributed by atoms with van der Waals surface area (Å²) in [6.45, 7) is 7.40. The van der Waals surface area contributed by atoms with Gasteiger partial charge >= 0.3 is 5.97 Å². The van der Waals surface area contributed by atoms with Crippen LogP contribution >= 0.6 is 0 Å². The zero-order valence-electron chi connectivity index (χ0n) is 10.6. The van der Waals surface area contributed by atoms with Crippen molar-refractivity contribution in [2.24, 2.45) is 17.3 Å². The van der Waals surface area contributed by atoms with Gasteiger partial charge in [0.25, 0.3) is 0 Å². The SMILES string of the molecule is CC(CO)CC(C)(C)C(O)CC(C)C(=O)O. The van der Waals surface area contributed by atoms with Crippen molar-refractivity contribution < 1.29 is 20.1 Å². The molecule has 0 aromatic carbocycles. The zero-order chi connectivity index (χ0) is 12.9. The van der Waals surface area contributed by atoms with E-state index in [1.807, 2.05) is 20.8 Å². The van der Waals surface area contributed by atoms with Gasteiger partial charge in [0.1, 0.15) is 0 Å². The molecular weight excluding hydrogens is 208 g/mol. The Hall–Kier alpha value is -0.610. The molecule has 3 atom stereocenters. The van der Waals surface area contributed by atoms with Gasteiger partial charge in [-0.15, -0.1) is 0 Å². The Kier molecular flexibility index (Phi) is 5.97. The summed E-state index contributed by atoms with van der Waals surface area (Å²) in [5.41, 5.74) is -0.369. The molecule has 4 nitrogen and oxygen atoms in total. The third kappa shape index (κ3) is 4.94. The lowest BCUT2D eigenvalue weighted by Crippen LogP contribution is -2.34. The minimum Gasteiger partial charge on any atom is -0.481 e. The van der Waals surface area contributed by atoms with Crippen molar-refractivity contribution in [1.29, 1.82) is 0 Å². The fourth-order valence-corrected chi connectivity index (χ4v) is 1.85. The summed E-state index contributed by atoms with van der Waals surface area (Å²) in [6.07, 6.45) is 0.268. The van der Waals surface area contributed by atoms with Gasteiger partial charge in [-0.25, -0.2) is 0 Å². The fraction of sp³-hybridized carbons (Fsp3) is 0.917. The number of carboxylic acids is 1. The van der Waals surface area contributed by atoms with Gasteiger partial charge in [0.05, 0.1) is 12.0 Å². The second-order valence-electron chi connectivity index (χ2n) is 5.47. The Bertz CT molecular complexity index is 225. The number of carbonyl (C=O) groups is 1. The van der Waals surface area contributed by atoms with Crippen molar-refractivity contribution >= 4 is 5.97 Å². The van der Waals surface area contributed by atoms with E-state index < -0.39 is 18.0 Å². The highest BCUT2D eigenvalue weighted by molar-refractivity contribution is 5.69. The molecular formula is C12H24O4. The normalized spacial score (nSPS) is 17.9. The van der Waals surface area contributed by atoms with Crippen molar-refractivity contribution in [2.75, 3.05) is 6.61 Å². The minimum atomic E-state index is -0.884. The van der Waals surface area contributed by atoms with Crippen LogP contribution < -0.4 is 0 Å². The summed E-state index contributed by atoms with van der Waals surface area (Å²) in [6, 6.07) is 0. The maximum absolute atomic E-state index is 10.7. The molecule has 96 valence electrons. The van der Waals surface area contributed by atoms with Crippen molar-refractivity contribution in [2.45, 2.75) is 46.6 Å². The number of aliphatic carboxylic acids is 1. The number of hydrogen-bond acceptors (Lipinski definition) is 3. The summed E-state index contributed by atoms with van der Waals surface area (Å²) >= 11 is 0. The number of carboxylic acid groups (broad SMARTS) is 1. The third-order valence-electron chi connectivity index (χ3n) is 3.09. The van der Waals surface area contributed by atoms with Crippen LogP contribution in [0.15, 0.2) is 0 Å². The van der Waals surface area contributed by atoms with Gasteiger partial charge in [-0.2, -0.15) is 0 Å². The van der Waals surface area contributed by atoms with Crippen molar-refractivity contribution in [3.8, 4) is 0 Å². The Morgan fingerprint density at radius 1 is 1.31 bits per heavy atom. The number of aliphatic hydroxyl groups excluding tert-OH is 2. The highest BCUT2D eigenvalue weighted by Gasteiger charge is 2.31. The Labute approximate surface area is 97.3 Å². The molecule has 0 aromatic heterocycles. The Balaban J connectivity index is 4.33. The van der Waals surface area contributed by atoms with Crippen LogP contribution in [-0.2, 0) is 4.79 Å². The van der Waals surface area contributed by atoms with Crippen LogP contribution in [0.2, 0.25) is 0 Å². The van der Waals surface area contributed by atoms with Crippen molar-refractivity contribution in [3.05, 3.63) is 0 Å². The van der Waals surface area contributed by atoms with Gasteiger partial charge in [-0.1, -0.05) is 27.7 Å². The molecule has 3 N–H and O–H groups in total. The second kappa shape index (κ2) is 6.21. The molecule has 0 aliphatic rings. The van der Waals surface area contributed by atoms with E-state index in [1.54, 1.807) is 6.92 Å². The quantitative estimate of drug-likeness (QED) is 0.621. The summed E-state index contributed by atoms with van der Waals surface area (Å²) < 4.78 is 0. The third-order valence-corrected chi connectivity index (χ3v) is 3.09. The number of hydrogen-bond donors (Lipinski definition) is 3. The first kappa shape index (κ1) is 15.4. The molecule has 0 saturated heterocycles. The molecule has 0 radical (unpaired) electrons. The average molecular weight is 232 g/mol. The maximum Gasteiger partial charge on any atom is 0.306 e. The predicted octanol–water partition coefficient (Wildman–Crippen LogP) is 1.50. The zero-order valence-corrected chi connectivity index (χ0v) is 10.6. The van der Waals surface area contributed by atoms with Crippen LogP contribution in [-0.4, -0.2) is 34.0 Å². The van der Waals surface area contributed by atoms with Gasteiger partial charge in [0.2, 0.25) is 0 Å². The van der Waals surface area contributed by atoms with Crippen LogP contribution in [0.5, 0.6) is 0 Å². The van der Waals surface area contributed by atoms with Gasteiger partial charge in [0, 0.05) is 6.61 Å². The second-order valence-corrected chi connectivity index (χ2v) is 5.47. The van der Waals surface area contributed by atoms with E-state index in [0.29, 0.717) is 6.42 Å². The predicted molar refractivity (Wildman–Crippen MR) is 62.1 cm³/mol. The average Bonchev–Trinajstić information content (AvgIpc) is 2.16. The van der Waals surface area contributed by atoms with Gasteiger partial charge in [0.15, 0.2) is 0 Å². The molecule has 0 aromatic rings. The lowest BCUT2D eigenvalue weighted by atomic mass is 9.76. The molecule has 0 fully saturated rings. The van der Waals surface area contributed by atoms with Gasteiger partial charge in [-0.05, 0) is 24.2 Å². The molecule has 4 heteroatoms. The van der Waals surface area contributed by atoms with Crippen molar-refractivity contribution in [3.63, 3.8) is 0 Å². The molecule has 0 amide bonds. The number of rotatable bonds is 7. The molecule has 3 unspecified atom stereocenters. The Morgan fingerprint density at radius 3 is 2.19 bits per heavy atom. The minimum absolute atomic E-state index is 0.0879. The molecule has 0 saturated carbocycles. The molecule has 0 aliphatic carbocycles. The molecule has 0 rings (SSSR count). The van der Waals surface area contributed by atoms with Gasteiger partial charge in [-0.3, -0.25) is 4.79 Å². The monoisotopic (exact) mass is 232 g/mol. The van der Waals surface area contributed by atoms with E-state index in [9.17, 15) is 9.90 Å². The molecule has 0 bridgehead atoms. The van der Waals surface area contributed by atoms with Crippen LogP contribution in [0.4, 0.5) is 0 Å². The summed E-state index contributed by atoms with van der Waals surface area (Å²) in [5, 5.41) is 27.7. The van der Waals surface area contributed by atoms with Gasteiger partial charge < -0.3 is 15.3 Å². The standard InChI is InChI=1S/C12H24O4/c1-8(7-13)6-12(3,4)10(14)5-9(2)11(15)16/h8-10,13-14H,5-7H2,1-4H3,(H,15,16). The molecule has 0 spiro atoms. The molecule has 16 heavy (non-hydrogen) atoms. The highest BCUT2D eigenvalue weighted by atomic mass is 16.4. The highest BCUT2D eigenvalue weighted by Crippen LogP contribution is 2.32. The molecule has 0 aliphatic heterocycles. The summed E-state index contributed by atoms with van der Waals surface area (Å²) in [4.78, 5) is 10.7. The first-order valence-corrected chi connectivity index (χ1v) is 5.72. The lowest BCUT2D eigenvalue weighted by molar-refractivity contribution is -0.142. The summed E-state index contributed by atoms with van der Waals surface area (Å²) in [5.74, 6) is -1.31. The van der Waals surface area contributed by atoms with E-state index in [1.165, 1.54) is 0 Å². The molecule has 0 heterocycles. The lowest BCUT2D eigenvalue weighted by Gasteiger charge is -2.33. The van der Waals surface area contributed by atoms with E-state index in [4.69, 9.17) is 10.2 Å². The van der Waals surface area contributed by atoms with E-state index in [-0.39, 0.29) is 24.4 Å². The number of aliphatic hydroxyl groups is 2.